The number of benzene rings is 2. The Hall–Kier alpha value is -3.20. The third kappa shape index (κ3) is 4.00. The van der Waals surface area contributed by atoms with E-state index in [2.05, 4.69) is 15.5 Å². The number of carbonyl (C=O) groups excluding carboxylic acids is 2. The van der Waals surface area contributed by atoms with Gasteiger partial charge in [0.2, 0.25) is 5.01 Å². The Morgan fingerprint density at radius 2 is 1.93 bits per heavy atom. The lowest BCUT2D eigenvalue weighted by Crippen LogP contribution is -2.31. The lowest BCUT2D eigenvalue weighted by atomic mass is 10.1. The Morgan fingerprint density at radius 1 is 1.10 bits per heavy atom. The van der Waals surface area contributed by atoms with Crippen molar-refractivity contribution in [2.45, 2.75) is 18.9 Å². The van der Waals surface area contributed by atoms with Gasteiger partial charge in [-0.3, -0.25) is 9.59 Å². The molecule has 1 fully saturated rings. The van der Waals surface area contributed by atoms with Crippen LogP contribution in [-0.2, 0) is 0 Å². The number of anilines is 1. The van der Waals surface area contributed by atoms with Crippen LogP contribution in [0.2, 0.25) is 0 Å². The molecule has 2 amide bonds. The number of carbonyl (C=O) groups is 2. The van der Waals surface area contributed by atoms with E-state index < -0.39 is 23.4 Å². The monoisotopic (exact) mass is 414 g/mol. The summed E-state index contributed by atoms with van der Waals surface area (Å²) in [6.07, 6.45) is 1.40. The summed E-state index contributed by atoms with van der Waals surface area (Å²) in [5.41, 5.74) is 0.317. The molecule has 0 aliphatic carbocycles. The van der Waals surface area contributed by atoms with E-state index in [9.17, 15) is 18.4 Å². The van der Waals surface area contributed by atoms with Crippen LogP contribution in [-0.4, -0.2) is 33.5 Å². The van der Waals surface area contributed by atoms with Crippen molar-refractivity contribution in [1.29, 1.82) is 0 Å². The van der Waals surface area contributed by atoms with Crippen molar-refractivity contribution < 1.29 is 18.4 Å². The third-order valence-corrected chi connectivity index (χ3v) is 5.64. The van der Waals surface area contributed by atoms with Crippen LogP contribution in [0.5, 0.6) is 0 Å². The van der Waals surface area contributed by atoms with Crippen LogP contribution in [0.4, 0.5) is 14.5 Å². The first-order valence-corrected chi connectivity index (χ1v) is 9.80. The molecule has 0 radical (unpaired) electrons. The molecule has 1 aromatic heterocycles. The van der Waals surface area contributed by atoms with Crippen molar-refractivity contribution in [3.8, 4) is 0 Å². The maximum atomic E-state index is 14.0. The second kappa shape index (κ2) is 8.04. The number of hydrogen-bond acceptors (Lipinski definition) is 5. The van der Waals surface area contributed by atoms with Gasteiger partial charge in [-0.25, -0.2) is 8.78 Å². The van der Waals surface area contributed by atoms with Gasteiger partial charge < -0.3 is 10.2 Å². The number of hydrogen-bond donors (Lipinski definition) is 1. The predicted octanol–water partition coefficient (Wildman–Crippen LogP) is 4.05. The quantitative estimate of drug-likeness (QED) is 0.699. The van der Waals surface area contributed by atoms with Gasteiger partial charge in [-0.05, 0) is 43.2 Å². The smallest absolute Gasteiger partial charge is 0.286 e. The number of nitrogens with one attached hydrogen (secondary N) is 1. The summed E-state index contributed by atoms with van der Waals surface area (Å²) >= 11 is 1.07. The molecule has 1 aliphatic rings. The molecule has 29 heavy (non-hydrogen) atoms. The minimum absolute atomic E-state index is 0.00739. The van der Waals surface area contributed by atoms with Gasteiger partial charge in [-0.2, -0.15) is 0 Å². The van der Waals surface area contributed by atoms with Crippen LogP contribution in [0, 0.1) is 11.6 Å². The van der Waals surface area contributed by atoms with Crippen molar-refractivity contribution in [3.05, 3.63) is 75.7 Å². The van der Waals surface area contributed by atoms with Crippen molar-refractivity contribution in [1.82, 2.24) is 15.1 Å². The highest BCUT2D eigenvalue weighted by atomic mass is 32.1. The zero-order chi connectivity index (χ0) is 20.4. The van der Waals surface area contributed by atoms with Gasteiger partial charge in [0, 0.05) is 12.2 Å². The Bertz CT molecular complexity index is 1070. The zero-order valence-electron chi connectivity index (χ0n) is 15.1. The van der Waals surface area contributed by atoms with Gasteiger partial charge in [0.25, 0.3) is 11.8 Å². The number of halogens is 2. The largest absolute Gasteiger partial charge is 0.329 e. The summed E-state index contributed by atoms with van der Waals surface area (Å²) < 4.78 is 27.3. The summed E-state index contributed by atoms with van der Waals surface area (Å²) in [5.74, 6) is -1.96. The first kappa shape index (κ1) is 19.1. The Kier molecular flexibility index (Phi) is 5.30. The van der Waals surface area contributed by atoms with Crippen LogP contribution >= 0.6 is 11.3 Å². The van der Waals surface area contributed by atoms with E-state index in [1.165, 1.54) is 36.4 Å². The molecular weight excluding hydrogens is 398 g/mol. The van der Waals surface area contributed by atoms with Crippen LogP contribution in [0.25, 0.3) is 0 Å². The summed E-state index contributed by atoms with van der Waals surface area (Å²) in [5, 5.41) is 11.2. The van der Waals surface area contributed by atoms with E-state index in [4.69, 9.17) is 0 Å². The molecule has 1 aliphatic heterocycles. The molecule has 1 atom stereocenters. The molecule has 148 valence electrons. The van der Waals surface area contributed by atoms with Crippen LogP contribution in [0.1, 0.15) is 44.1 Å². The molecular formula is C20H16F2N4O2S. The topological polar surface area (TPSA) is 75.2 Å². The summed E-state index contributed by atoms with van der Waals surface area (Å²) in [4.78, 5) is 26.7. The molecule has 0 unspecified atom stereocenters. The molecule has 1 N–H and O–H groups in total. The molecule has 3 aromatic rings. The lowest BCUT2D eigenvalue weighted by Gasteiger charge is -2.23. The predicted molar refractivity (Wildman–Crippen MR) is 104 cm³/mol. The SMILES string of the molecule is O=C(Nc1cccc(F)c1)c1nnc([C@@H]2CCCN2C(=O)c2ccccc2F)s1. The fourth-order valence-corrected chi connectivity index (χ4v) is 4.15. The molecule has 2 heterocycles. The van der Waals surface area contributed by atoms with E-state index in [0.717, 1.165) is 17.8 Å². The van der Waals surface area contributed by atoms with E-state index in [-0.39, 0.29) is 16.6 Å². The van der Waals surface area contributed by atoms with E-state index in [1.807, 2.05) is 0 Å². The van der Waals surface area contributed by atoms with Gasteiger partial charge in [0.05, 0.1) is 11.6 Å². The standard InChI is InChI=1S/C20H16F2N4O2S/c21-12-5-3-6-13(11-12)23-17(27)19-25-24-18(29-19)16-9-4-10-26(16)20(28)14-7-1-2-8-15(14)22/h1-3,5-8,11,16H,4,9-10H2,(H,23,27)/t16-/m0/s1. The Balaban J connectivity index is 1.51. The molecule has 4 rings (SSSR count). The highest BCUT2D eigenvalue weighted by Crippen LogP contribution is 2.35. The minimum atomic E-state index is -0.574. The highest BCUT2D eigenvalue weighted by Gasteiger charge is 2.34. The second-order valence-corrected chi connectivity index (χ2v) is 7.56. The Morgan fingerprint density at radius 3 is 2.72 bits per heavy atom. The maximum absolute atomic E-state index is 14.0. The van der Waals surface area contributed by atoms with E-state index in [1.54, 1.807) is 17.0 Å². The minimum Gasteiger partial charge on any atom is -0.329 e. The van der Waals surface area contributed by atoms with E-state index >= 15 is 0 Å². The maximum Gasteiger partial charge on any atom is 0.286 e. The van der Waals surface area contributed by atoms with Crippen LogP contribution < -0.4 is 5.32 Å². The molecule has 0 saturated carbocycles. The fraction of sp³-hybridized carbons (Fsp3) is 0.200. The molecule has 2 aromatic carbocycles. The number of nitrogens with zero attached hydrogens (tertiary/aromatic N) is 3. The molecule has 6 nitrogen and oxygen atoms in total. The number of rotatable bonds is 4. The molecule has 9 heteroatoms. The summed E-state index contributed by atoms with van der Waals surface area (Å²) in [6.45, 7) is 0.474. The van der Waals surface area contributed by atoms with Gasteiger partial charge in [0.15, 0.2) is 0 Å². The van der Waals surface area contributed by atoms with Gasteiger partial charge in [-0.1, -0.05) is 29.5 Å². The first-order valence-electron chi connectivity index (χ1n) is 8.99. The Labute approximate surface area is 169 Å². The normalized spacial score (nSPS) is 16.1. The fourth-order valence-electron chi connectivity index (χ4n) is 3.27. The van der Waals surface area contributed by atoms with Crippen molar-refractivity contribution in [3.63, 3.8) is 0 Å². The molecule has 0 bridgehead atoms. The van der Waals surface area contributed by atoms with Gasteiger partial charge in [-0.15, -0.1) is 10.2 Å². The summed E-state index contributed by atoms with van der Waals surface area (Å²) in [6, 6.07) is 11.0. The second-order valence-electron chi connectivity index (χ2n) is 6.55. The zero-order valence-corrected chi connectivity index (χ0v) is 16.0. The van der Waals surface area contributed by atoms with Crippen molar-refractivity contribution in [2.24, 2.45) is 0 Å². The highest BCUT2D eigenvalue weighted by molar-refractivity contribution is 7.13. The summed E-state index contributed by atoms with van der Waals surface area (Å²) in [7, 11) is 0. The van der Waals surface area contributed by atoms with E-state index in [0.29, 0.717) is 23.7 Å². The average Bonchev–Trinajstić information content (AvgIpc) is 3.37. The van der Waals surface area contributed by atoms with Crippen molar-refractivity contribution >= 4 is 28.8 Å². The number of amides is 2. The average molecular weight is 414 g/mol. The number of aromatic nitrogens is 2. The molecule has 1 saturated heterocycles. The van der Waals surface area contributed by atoms with Gasteiger partial charge in [0.1, 0.15) is 16.6 Å². The van der Waals surface area contributed by atoms with Crippen LogP contribution in [0.3, 0.4) is 0 Å². The van der Waals surface area contributed by atoms with Gasteiger partial charge >= 0.3 is 0 Å². The van der Waals surface area contributed by atoms with Crippen molar-refractivity contribution in [2.75, 3.05) is 11.9 Å². The lowest BCUT2D eigenvalue weighted by molar-refractivity contribution is 0.0730. The third-order valence-electron chi connectivity index (χ3n) is 4.62. The first-order chi connectivity index (χ1) is 14.0. The number of likely N-dealkylation sites (tertiary alicyclic amines) is 1. The van der Waals surface area contributed by atoms with Crippen LogP contribution in [0.15, 0.2) is 48.5 Å². The molecule has 0 spiro atoms.